The molecule has 114 valence electrons. The highest BCUT2D eigenvalue weighted by molar-refractivity contribution is 7.91. The van der Waals surface area contributed by atoms with Crippen LogP contribution >= 0.6 is 11.3 Å². The van der Waals surface area contributed by atoms with Crippen LogP contribution in [0.25, 0.3) is 0 Å². The van der Waals surface area contributed by atoms with E-state index in [4.69, 9.17) is 5.73 Å². The molecule has 1 unspecified atom stereocenters. The molecule has 0 amide bonds. The zero-order valence-corrected chi connectivity index (χ0v) is 13.7. The molecule has 1 aromatic heterocycles. The summed E-state index contributed by atoms with van der Waals surface area (Å²) >= 11 is 1.26. The van der Waals surface area contributed by atoms with Crippen molar-refractivity contribution in [2.75, 3.05) is 26.2 Å². The van der Waals surface area contributed by atoms with Crippen LogP contribution in [-0.4, -0.2) is 49.8 Å². The molecule has 1 saturated heterocycles. The fraction of sp³-hybridized carbons (Fsp3) is 0.692. The predicted molar refractivity (Wildman–Crippen MR) is 82.3 cm³/mol. The second-order valence-corrected chi connectivity index (χ2v) is 8.25. The average Bonchev–Trinajstić information content (AvgIpc) is 2.96. The SMILES string of the molecule is CCC(C)N1CCN(S(=O)(=O)c2cc(CN)cs2)CC1. The van der Waals surface area contributed by atoms with Gasteiger partial charge in [0, 0.05) is 38.8 Å². The third-order valence-electron chi connectivity index (χ3n) is 3.95. The van der Waals surface area contributed by atoms with Crippen LogP contribution in [0.2, 0.25) is 0 Å². The Bertz CT molecular complexity index is 534. The Morgan fingerprint density at radius 1 is 1.35 bits per heavy atom. The van der Waals surface area contributed by atoms with Crippen LogP contribution in [0.5, 0.6) is 0 Å². The number of hydrogen-bond donors (Lipinski definition) is 1. The molecule has 1 aromatic rings. The average molecular weight is 317 g/mol. The van der Waals surface area contributed by atoms with Gasteiger partial charge in [-0.15, -0.1) is 11.3 Å². The zero-order valence-electron chi connectivity index (χ0n) is 12.1. The van der Waals surface area contributed by atoms with Gasteiger partial charge in [0.05, 0.1) is 0 Å². The summed E-state index contributed by atoms with van der Waals surface area (Å²) in [5.74, 6) is 0. The minimum absolute atomic E-state index is 0.383. The molecule has 0 aliphatic carbocycles. The maximum atomic E-state index is 12.5. The summed E-state index contributed by atoms with van der Waals surface area (Å²) in [7, 11) is -3.34. The van der Waals surface area contributed by atoms with Gasteiger partial charge in [-0.2, -0.15) is 4.31 Å². The first kappa shape index (κ1) is 15.9. The normalized spacial score (nSPS) is 20.1. The molecule has 7 heteroatoms. The topological polar surface area (TPSA) is 66.6 Å². The van der Waals surface area contributed by atoms with Gasteiger partial charge in [-0.05, 0) is 30.4 Å². The number of piperazine rings is 1. The summed E-state index contributed by atoms with van der Waals surface area (Å²) < 4.78 is 27.1. The van der Waals surface area contributed by atoms with Crippen molar-refractivity contribution >= 4 is 21.4 Å². The third kappa shape index (κ3) is 3.23. The van der Waals surface area contributed by atoms with Crippen LogP contribution in [0.4, 0.5) is 0 Å². The Morgan fingerprint density at radius 2 is 2.00 bits per heavy atom. The summed E-state index contributed by atoms with van der Waals surface area (Å²) in [5, 5.41) is 1.82. The van der Waals surface area contributed by atoms with E-state index >= 15 is 0 Å². The fourth-order valence-electron chi connectivity index (χ4n) is 2.37. The highest BCUT2D eigenvalue weighted by Gasteiger charge is 2.30. The van der Waals surface area contributed by atoms with Crippen LogP contribution < -0.4 is 5.73 Å². The second-order valence-electron chi connectivity index (χ2n) is 5.18. The van der Waals surface area contributed by atoms with Crippen molar-refractivity contribution in [3.63, 3.8) is 0 Å². The maximum absolute atomic E-state index is 12.5. The molecule has 20 heavy (non-hydrogen) atoms. The Balaban J connectivity index is 2.05. The lowest BCUT2D eigenvalue weighted by Crippen LogP contribution is -2.50. The lowest BCUT2D eigenvalue weighted by molar-refractivity contribution is 0.143. The lowest BCUT2D eigenvalue weighted by Gasteiger charge is -2.36. The van der Waals surface area contributed by atoms with Crippen molar-refractivity contribution in [3.8, 4) is 0 Å². The largest absolute Gasteiger partial charge is 0.326 e. The standard InChI is InChI=1S/C13H23N3O2S2/c1-3-11(2)15-4-6-16(7-5-15)20(17,18)13-8-12(9-14)10-19-13/h8,10-11H,3-7,9,14H2,1-2H3. The number of sulfonamides is 1. The molecular formula is C13H23N3O2S2. The van der Waals surface area contributed by atoms with E-state index in [9.17, 15) is 8.42 Å². The van der Waals surface area contributed by atoms with E-state index in [1.54, 1.807) is 10.4 Å². The molecule has 0 spiro atoms. The minimum Gasteiger partial charge on any atom is -0.326 e. The molecule has 0 saturated carbocycles. The van der Waals surface area contributed by atoms with Gasteiger partial charge in [0.2, 0.25) is 0 Å². The first-order chi connectivity index (χ1) is 9.48. The van der Waals surface area contributed by atoms with Gasteiger partial charge >= 0.3 is 0 Å². The molecule has 0 bridgehead atoms. The van der Waals surface area contributed by atoms with Crippen molar-refractivity contribution in [3.05, 3.63) is 17.0 Å². The van der Waals surface area contributed by atoms with E-state index < -0.39 is 10.0 Å². The van der Waals surface area contributed by atoms with Crippen molar-refractivity contribution in [1.82, 2.24) is 9.21 Å². The quantitative estimate of drug-likeness (QED) is 0.889. The van der Waals surface area contributed by atoms with Gasteiger partial charge in [-0.3, -0.25) is 4.90 Å². The second kappa shape index (κ2) is 6.53. The van der Waals surface area contributed by atoms with Gasteiger partial charge in [-0.25, -0.2) is 8.42 Å². The van der Waals surface area contributed by atoms with E-state index in [2.05, 4.69) is 18.7 Å². The van der Waals surface area contributed by atoms with Gasteiger partial charge in [0.1, 0.15) is 4.21 Å². The fourth-order valence-corrected chi connectivity index (χ4v) is 5.16. The van der Waals surface area contributed by atoms with Crippen molar-refractivity contribution in [2.24, 2.45) is 5.73 Å². The molecule has 1 aliphatic heterocycles. The number of thiophene rings is 1. The molecule has 5 nitrogen and oxygen atoms in total. The summed E-state index contributed by atoms with van der Waals surface area (Å²) in [5.41, 5.74) is 6.42. The number of hydrogen-bond acceptors (Lipinski definition) is 5. The molecular weight excluding hydrogens is 294 g/mol. The van der Waals surface area contributed by atoms with Crippen LogP contribution in [0.1, 0.15) is 25.8 Å². The molecule has 1 atom stereocenters. The number of nitrogens with zero attached hydrogens (tertiary/aromatic N) is 2. The van der Waals surface area contributed by atoms with Crippen LogP contribution in [0, 0.1) is 0 Å². The molecule has 2 N–H and O–H groups in total. The van der Waals surface area contributed by atoms with E-state index in [-0.39, 0.29) is 0 Å². The Labute approximate surface area is 125 Å². The van der Waals surface area contributed by atoms with Crippen LogP contribution in [-0.2, 0) is 16.6 Å². The molecule has 2 rings (SSSR count). The maximum Gasteiger partial charge on any atom is 0.252 e. The molecule has 0 aromatic carbocycles. The lowest BCUT2D eigenvalue weighted by atomic mass is 10.2. The van der Waals surface area contributed by atoms with Gasteiger partial charge < -0.3 is 5.73 Å². The highest BCUT2D eigenvalue weighted by Crippen LogP contribution is 2.25. The number of nitrogens with two attached hydrogens (primary N) is 1. The third-order valence-corrected chi connectivity index (χ3v) is 7.31. The molecule has 2 heterocycles. The van der Waals surface area contributed by atoms with E-state index in [1.165, 1.54) is 11.3 Å². The van der Waals surface area contributed by atoms with E-state index in [1.807, 2.05) is 5.38 Å². The Kier molecular flexibility index (Phi) is 5.19. The van der Waals surface area contributed by atoms with E-state index in [0.717, 1.165) is 25.1 Å². The van der Waals surface area contributed by atoms with Crippen LogP contribution in [0.3, 0.4) is 0 Å². The zero-order chi connectivity index (χ0) is 14.8. The smallest absolute Gasteiger partial charge is 0.252 e. The van der Waals surface area contributed by atoms with Crippen molar-refractivity contribution < 1.29 is 8.42 Å². The minimum atomic E-state index is -3.34. The van der Waals surface area contributed by atoms with Gasteiger partial charge in [0.15, 0.2) is 0 Å². The molecule has 1 aliphatic rings. The van der Waals surface area contributed by atoms with Gasteiger partial charge in [-0.1, -0.05) is 6.92 Å². The highest BCUT2D eigenvalue weighted by atomic mass is 32.2. The van der Waals surface area contributed by atoms with Crippen LogP contribution in [0.15, 0.2) is 15.7 Å². The predicted octanol–water partition coefficient (Wildman–Crippen LogP) is 1.31. The monoisotopic (exact) mass is 317 g/mol. The van der Waals surface area contributed by atoms with Gasteiger partial charge in [0.25, 0.3) is 10.0 Å². The summed E-state index contributed by atoms with van der Waals surface area (Å²) in [6.45, 7) is 7.50. The Morgan fingerprint density at radius 3 is 2.50 bits per heavy atom. The van der Waals surface area contributed by atoms with Crippen molar-refractivity contribution in [1.29, 1.82) is 0 Å². The first-order valence-corrected chi connectivity index (χ1v) is 9.32. The summed E-state index contributed by atoms with van der Waals surface area (Å²) in [6.07, 6.45) is 1.09. The Hall–Kier alpha value is -0.470. The summed E-state index contributed by atoms with van der Waals surface area (Å²) in [4.78, 5) is 2.35. The van der Waals surface area contributed by atoms with E-state index in [0.29, 0.717) is 29.9 Å². The molecule has 1 fully saturated rings. The number of rotatable bonds is 5. The molecule has 0 radical (unpaired) electrons. The van der Waals surface area contributed by atoms with Crippen molar-refractivity contribution in [2.45, 2.75) is 37.1 Å². The summed E-state index contributed by atoms with van der Waals surface area (Å²) in [6, 6.07) is 2.21. The first-order valence-electron chi connectivity index (χ1n) is 7.00.